The second kappa shape index (κ2) is 8.86. The number of hydrogen-bond acceptors (Lipinski definition) is 2. The predicted molar refractivity (Wildman–Crippen MR) is 107 cm³/mol. The Bertz CT molecular complexity index is 757. The van der Waals surface area contributed by atoms with Crippen LogP contribution >= 0.6 is 11.6 Å². The summed E-state index contributed by atoms with van der Waals surface area (Å²) in [6, 6.07) is 13.1. The smallest absolute Gasteiger partial charge is 0.313 e. The number of rotatable bonds is 5. The SMILES string of the molecule is CC(C)c1cccc(C(C)C)c1NC(=O)C(=O)NCc1ccc(Cl)cc1. The standard InChI is InChI=1S/C21H25ClN2O2/c1-13(2)17-6-5-7-18(14(3)4)19(17)24-21(26)20(25)23-12-15-8-10-16(22)11-9-15/h5-11,13-14H,12H2,1-4H3,(H,23,25)(H,24,26). The maximum Gasteiger partial charge on any atom is 0.313 e. The molecule has 0 atom stereocenters. The van der Waals surface area contributed by atoms with Crippen molar-refractivity contribution in [2.45, 2.75) is 46.1 Å². The molecular weight excluding hydrogens is 348 g/mol. The lowest BCUT2D eigenvalue weighted by Gasteiger charge is -2.20. The zero-order valence-corrected chi connectivity index (χ0v) is 16.4. The van der Waals surface area contributed by atoms with Crippen LogP contribution in [0.3, 0.4) is 0 Å². The summed E-state index contributed by atoms with van der Waals surface area (Å²) in [7, 11) is 0. The van der Waals surface area contributed by atoms with Gasteiger partial charge in [-0.2, -0.15) is 0 Å². The van der Waals surface area contributed by atoms with E-state index >= 15 is 0 Å². The highest BCUT2D eigenvalue weighted by Crippen LogP contribution is 2.32. The number of carbonyl (C=O) groups is 2. The van der Waals surface area contributed by atoms with Crippen molar-refractivity contribution in [3.8, 4) is 0 Å². The molecule has 0 aromatic heterocycles. The summed E-state index contributed by atoms with van der Waals surface area (Å²) in [5.41, 5.74) is 3.66. The van der Waals surface area contributed by atoms with Gasteiger partial charge in [-0.25, -0.2) is 0 Å². The van der Waals surface area contributed by atoms with Crippen LogP contribution in [0.4, 0.5) is 5.69 Å². The van der Waals surface area contributed by atoms with Crippen LogP contribution in [0.2, 0.25) is 5.02 Å². The second-order valence-electron chi connectivity index (χ2n) is 6.88. The first-order valence-corrected chi connectivity index (χ1v) is 9.13. The molecule has 2 aromatic rings. The highest BCUT2D eigenvalue weighted by atomic mass is 35.5. The fourth-order valence-corrected chi connectivity index (χ4v) is 2.86. The molecule has 0 aliphatic heterocycles. The van der Waals surface area contributed by atoms with Crippen molar-refractivity contribution in [3.63, 3.8) is 0 Å². The Kier molecular flexibility index (Phi) is 6.81. The van der Waals surface area contributed by atoms with Crippen LogP contribution in [0, 0.1) is 0 Å². The van der Waals surface area contributed by atoms with E-state index in [-0.39, 0.29) is 18.4 Å². The molecule has 0 bridgehead atoms. The van der Waals surface area contributed by atoms with E-state index in [9.17, 15) is 9.59 Å². The first-order chi connectivity index (χ1) is 12.3. The molecule has 2 N–H and O–H groups in total. The van der Waals surface area contributed by atoms with Gasteiger partial charge in [-0.05, 0) is 40.7 Å². The molecule has 0 spiro atoms. The largest absolute Gasteiger partial charge is 0.344 e. The number of amides is 2. The topological polar surface area (TPSA) is 58.2 Å². The van der Waals surface area contributed by atoms with Crippen LogP contribution in [0.1, 0.15) is 56.2 Å². The molecule has 5 heteroatoms. The van der Waals surface area contributed by atoms with Gasteiger partial charge in [-0.15, -0.1) is 0 Å². The number of hydrogen-bond donors (Lipinski definition) is 2. The molecule has 0 saturated heterocycles. The van der Waals surface area contributed by atoms with Gasteiger partial charge in [0.1, 0.15) is 0 Å². The third-order valence-corrected chi connectivity index (χ3v) is 4.44. The minimum atomic E-state index is -0.659. The van der Waals surface area contributed by atoms with Crippen molar-refractivity contribution in [1.29, 1.82) is 0 Å². The molecule has 0 aliphatic carbocycles. The number of para-hydroxylation sites is 1. The Hall–Kier alpha value is -2.33. The molecule has 0 heterocycles. The van der Waals surface area contributed by atoms with Crippen LogP contribution in [-0.4, -0.2) is 11.8 Å². The summed E-state index contributed by atoms with van der Waals surface area (Å²) in [6.45, 7) is 8.53. The van der Waals surface area contributed by atoms with E-state index in [1.807, 2.05) is 30.3 Å². The van der Waals surface area contributed by atoms with E-state index < -0.39 is 11.8 Å². The van der Waals surface area contributed by atoms with E-state index in [1.165, 1.54) is 0 Å². The molecule has 2 rings (SSSR count). The average Bonchev–Trinajstić information content (AvgIpc) is 2.60. The number of carbonyl (C=O) groups excluding carboxylic acids is 2. The molecule has 4 nitrogen and oxygen atoms in total. The van der Waals surface area contributed by atoms with Crippen LogP contribution in [0.5, 0.6) is 0 Å². The fraction of sp³-hybridized carbons (Fsp3) is 0.333. The Labute approximate surface area is 159 Å². The monoisotopic (exact) mass is 372 g/mol. The van der Waals surface area contributed by atoms with Gasteiger partial charge in [0.05, 0.1) is 0 Å². The van der Waals surface area contributed by atoms with Crippen LogP contribution in [-0.2, 0) is 16.1 Å². The first kappa shape index (κ1) is 20.0. The van der Waals surface area contributed by atoms with Gasteiger partial charge in [0.2, 0.25) is 0 Å². The van der Waals surface area contributed by atoms with Crippen molar-refractivity contribution in [3.05, 3.63) is 64.2 Å². The summed E-state index contributed by atoms with van der Waals surface area (Å²) < 4.78 is 0. The summed E-state index contributed by atoms with van der Waals surface area (Å²) in [5, 5.41) is 6.09. The van der Waals surface area contributed by atoms with Gasteiger partial charge in [-0.1, -0.05) is 69.6 Å². The lowest BCUT2D eigenvalue weighted by molar-refractivity contribution is -0.136. The zero-order chi connectivity index (χ0) is 19.3. The Morgan fingerprint density at radius 3 is 1.92 bits per heavy atom. The highest BCUT2D eigenvalue weighted by Gasteiger charge is 2.19. The Morgan fingerprint density at radius 1 is 0.885 bits per heavy atom. The van der Waals surface area contributed by atoms with Gasteiger partial charge >= 0.3 is 11.8 Å². The third-order valence-electron chi connectivity index (χ3n) is 4.18. The zero-order valence-electron chi connectivity index (χ0n) is 15.6. The Morgan fingerprint density at radius 2 is 1.42 bits per heavy atom. The number of anilines is 1. The summed E-state index contributed by atoms with van der Waals surface area (Å²) >= 11 is 5.84. The summed E-state index contributed by atoms with van der Waals surface area (Å²) in [6.07, 6.45) is 0. The Balaban J connectivity index is 2.11. The van der Waals surface area contributed by atoms with Gasteiger partial charge in [0.15, 0.2) is 0 Å². The third kappa shape index (κ3) is 5.09. The second-order valence-corrected chi connectivity index (χ2v) is 7.32. The van der Waals surface area contributed by atoms with Crippen LogP contribution in [0.25, 0.3) is 0 Å². The molecule has 2 aromatic carbocycles. The maximum absolute atomic E-state index is 12.4. The molecule has 0 saturated carbocycles. The van der Waals surface area contributed by atoms with Gasteiger partial charge in [0, 0.05) is 17.3 Å². The minimum Gasteiger partial charge on any atom is -0.344 e. The van der Waals surface area contributed by atoms with E-state index in [0.29, 0.717) is 5.02 Å². The van der Waals surface area contributed by atoms with Crippen molar-refractivity contribution < 1.29 is 9.59 Å². The normalized spacial score (nSPS) is 10.9. The van der Waals surface area contributed by atoms with E-state index in [0.717, 1.165) is 22.4 Å². The van der Waals surface area contributed by atoms with E-state index in [1.54, 1.807) is 12.1 Å². The molecule has 0 radical (unpaired) electrons. The predicted octanol–water partition coefficient (Wildman–Crippen LogP) is 4.84. The lowest BCUT2D eigenvalue weighted by atomic mass is 9.92. The molecule has 0 aliphatic rings. The summed E-state index contributed by atoms with van der Waals surface area (Å²) in [4.78, 5) is 24.6. The fourth-order valence-electron chi connectivity index (χ4n) is 2.73. The molecular formula is C21H25ClN2O2. The van der Waals surface area contributed by atoms with Crippen molar-refractivity contribution in [2.24, 2.45) is 0 Å². The summed E-state index contributed by atoms with van der Waals surface area (Å²) in [5.74, 6) is -0.843. The molecule has 138 valence electrons. The van der Waals surface area contributed by atoms with E-state index in [4.69, 9.17) is 11.6 Å². The first-order valence-electron chi connectivity index (χ1n) is 8.76. The molecule has 2 amide bonds. The van der Waals surface area contributed by atoms with Crippen molar-refractivity contribution in [2.75, 3.05) is 5.32 Å². The maximum atomic E-state index is 12.4. The number of nitrogens with one attached hydrogen (secondary N) is 2. The van der Waals surface area contributed by atoms with Crippen molar-refractivity contribution in [1.82, 2.24) is 5.32 Å². The van der Waals surface area contributed by atoms with Crippen LogP contribution in [0.15, 0.2) is 42.5 Å². The lowest BCUT2D eigenvalue weighted by Crippen LogP contribution is -2.35. The molecule has 26 heavy (non-hydrogen) atoms. The average molecular weight is 373 g/mol. The number of benzene rings is 2. The van der Waals surface area contributed by atoms with Crippen LogP contribution < -0.4 is 10.6 Å². The van der Waals surface area contributed by atoms with Gasteiger partial charge in [0.25, 0.3) is 0 Å². The van der Waals surface area contributed by atoms with E-state index in [2.05, 4.69) is 38.3 Å². The quantitative estimate of drug-likeness (QED) is 0.737. The van der Waals surface area contributed by atoms with Gasteiger partial charge in [-0.3, -0.25) is 9.59 Å². The molecule has 0 unspecified atom stereocenters. The molecule has 0 fully saturated rings. The van der Waals surface area contributed by atoms with Crippen molar-refractivity contribution >= 4 is 29.1 Å². The highest BCUT2D eigenvalue weighted by molar-refractivity contribution is 6.39. The minimum absolute atomic E-state index is 0.237. The number of halogens is 1. The van der Waals surface area contributed by atoms with Gasteiger partial charge < -0.3 is 10.6 Å².